The lowest BCUT2D eigenvalue weighted by molar-refractivity contribution is 0.184. The zero-order valence-electron chi connectivity index (χ0n) is 11.1. The molecule has 0 heterocycles. The SMILES string of the molecule is CCO[Si](C)(CNC1CCCCC1)OCC. The van der Waals surface area contributed by atoms with E-state index in [4.69, 9.17) is 8.85 Å². The van der Waals surface area contributed by atoms with Gasteiger partial charge in [-0.3, -0.25) is 0 Å². The molecule has 0 unspecified atom stereocenters. The molecule has 1 rings (SSSR count). The minimum absolute atomic E-state index is 0.696. The highest BCUT2D eigenvalue weighted by Gasteiger charge is 2.31. The molecule has 96 valence electrons. The highest BCUT2D eigenvalue weighted by atomic mass is 28.4. The van der Waals surface area contributed by atoms with Crippen LogP contribution in [0.25, 0.3) is 0 Å². The molecule has 0 amide bonds. The van der Waals surface area contributed by atoms with Crippen LogP contribution in [0.5, 0.6) is 0 Å². The first kappa shape index (κ1) is 14.2. The Morgan fingerprint density at radius 3 is 2.12 bits per heavy atom. The van der Waals surface area contributed by atoms with E-state index >= 15 is 0 Å². The minimum Gasteiger partial charge on any atom is -0.394 e. The first-order valence-electron chi connectivity index (χ1n) is 6.71. The summed E-state index contributed by atoms with van der Waals surface area (Å²) in [5.41, 5.74) is 0. The maximum absolute atomic E-state index is 5.82. The Bertz CT molecular complexity index is 178. The molecule has 16 heavy (non-hydrogen) atoms. The molecule has 0 spiro atoms. The fourth-order valence-corrected chi connectivity index (χ4v) is 4.56. The van der Waals surface area contributed by atoms with Gasteiger partial charge in [0.15, 0.2) is 0 Å². The van der Waals surface area contributed by atoms with Crippen molar-refractivity contribution in [3.05, 3.63) is 0 Å². The minimum atomic E-state index is -1.94. The van der Waals surface area contributed by atoms with Crippen LogP contribution in [0, 0.1) is 0 Å². The smallest absolute Gasteiger partial charge is 0.349 e. The zero-order valence-corrected chi connectivity index (χ0v) is 12.1. The van der Waals surface area contributed by atoms with Gasteiger partial charge >= 0.3 is 8.56 Å². The van der Waals surface area contributed by atoms with Gasteiger partial charge in [0.1, 0.15) is 0 Å². The van der Waals surface area contributed by atoms with Gasteiger partial charge in [-0.05, 0) is 33.2 Å². The van der Waals surface area contributed by atoms with Gasteiger partial charge in [0.05, 0.1) is 0 Å². The fraction of sp³-hybridized carbons (Fsp3) is 1.00. The second-order valence-electron chi connectivity index (χ2n) is 4.72. The summed E-state index contributed by atoms with van der Waals surface area (Å²) in [6, 6.07) is 0.696. The molecule has 0 aromatic carbocycles. The van der Waals surface area contributed by atoms with E-state index in [1.807, 2.05) is 13.8 Å². The van der Waals surface area contributed by atoms with Gasteiger partial charge in [0.2, 0.25) is 0 Å². The van der Waals surface area contributed by atoms with Gasteiger partial charge < -0.3 is 14.2 Å². The van der Waals surface area contributed by atoms with E-state index < -0.39 is 8.56 Å². The molecule has 0 radical (unpaired) electrons. The normalized spacial score (nSPS) is 18.9. The highest BCUT2D eigenvalue weighted by Crippen LogP contribution is 2.18. The molecule has 0 atom stereocenters. The van der Waals surface area contributed by atoms with Gasteiger partial charge in [-0.2, -0.15) is 0 Å². The van der Waals surface area contributed by atoms with Gasteiger partial charge in [0, 0.05) is 25.4 Å². The molecule has 0 aromatic rings. The molecule has 3 nitrogen and oxygen atoms in total. The van der Waals surface area contributed by atoms with E-state index in [0.29, 0.717) is 6.04 Å². The van der Waals surface area contributed by atoms with Crippen molar-refractivity contribution in [1.82, 2.24) is 5.32 Å². The molecule has 0 aromatic heterocycles. The van der Waals surface area contributed by atoms with Crippen molar-refractivity contribution in [3.8, 4) is 0 Å². The molecule has 0 saturated heterocycles. The number of nitrogens with one attached hydrogen (secondary N) is 1. The Labute approximate surface area is 101 Å². The summed E-state index contributed by atoms with van der Waals surface area (Å²) in [5, 5.41) is 3.64. The summed E-state index contributed by atoms with van der Waals surface area (Å²) in [4.78, 5) is 0. The van der Waals surface area contributed by atoms with Gasteiger partial charge in [0.25, 0.3) is 0 Å². The van der Waals surface area contributed by atoms with Crippen LogP contribution in [0.1, 0.15) is 46.0 Å². The van der Waals surface area contributed by atoms with Crippen LogP contribution < -0.4 is 5.32 Å². The van der Waals surface area contributed by atoms with Crippen molar-refractivity contribution >= 4 is 8.56 Å². The lowest BCUT2D eigenvalue weighted by Crippen LogP contribution is -2.51. The van der Waals surface area contributed by atoms with E-state index in [-0.39, 0.29) is 0 Å². The van der Waals surface area contributed by atoms with Crippen LogP contribution >= 0.6 is 0 Å². The lowest BCUT2D eigenvalue weighted by atomic mass is 9.96. The topological polar surface area (TPSA) is 30.5 Å². The first-order chi connectivity index (χ1) is 7.70. The molecular weight excluding hydrogens is 218 g/mol. The molecule has 1 N–H and O–H groups in total. The standard InChI is InChI=1S/C12H27NO2Si/c1-4-14-16(3,15-5-2)11-13-12-9-7-6-8-10-12/h12-13H,4-11H2,1-3H3. The highest BCUT2D eigenvalue weighted by molar-refractivity contribution is 6.66. The van der Waals surface area contributed by atoms with Crippen molar-refractivity contribution in [2.45, 2.75) is 58.5 Å². The Hall–Kier alpha value is 0.0969. The second-order valence-corrected chi connectivity index (χ2v) is 7.91. The molecule has 0 aliphatic heterocycles. The van der Waals surface area contributed by atoms with Gasteiger partial charge in [-0.25, -0.2) is 0 Å². The number of hydrogen-bond donors (Lipinski definition) is 1. The summed E-state index contributed by atoms with van der Waals surface area (Å²) in [5.74, 6) is 0. The van der Waals surface area contributed by atoms with Gasteiger partial charge in [-0.1, -0.05) is 19.3 Å². The molecule has 4 heteroatoms. The summed E-state index contributed by atoms with van der Waals surface area (Å²) < 4.78 is 11.6. The predicted molar refractivity (Wildman–Crippen MR) is 69.7 cm³/mol. The Morgan fingerprint density at radius 2 is 1.62 bits per heavy atom. The fourth-order valence-electron chi connectivity index (χ4n) is 2.39. The van der Waals surface area contributed by atoms with E-state index in [1.54, 1.807) is 0 Å². The molecule has 1 saturated carbocycles. The molecule has 0 bridgehead atoms. The maximum atomic E-state index is 5.82. The monoisotopic (exact) mass is 245 g/mol. The van der Waals surface area contributed by atoms with E-state index in [0.717, 1.165) is 19.4 Å². The second kappa shape index (κ2) is 7.43. The molecule has 1 fully saturated rings. The average molecular weight is 245 g/mol. The zero-order chi connectivity index (χ0) is 11.9. The molecule has 1 aliphatic rings. The molecular formula is C12H27NO2Si. The van der Waals surface area contributed by atoms with Crippen molar-refractivity contribution in [2.75, 3.05) is 19.4 Å². The quantitative estimate of drug-likeness (QED) is 0.699. The predicted octanol–water partition coefficient (Wildman–Crippen LogP) is 2.59. The summed E-state index contributed by atoms with van der Waals surface area (Å²) in [6.07, 6.45) is 7.73. The average Bonchev–Trinajstić information content (AvgIpc) is 2.29. The molecule has 1 aliphatic carbocycles. The summed E-state index contributed by atoms with van der Waals surface area (Å²) >= 11 is 0. The van der Waals surface area contributed by atoms with Crippen LogP contribution in [0.4, 0.5) is 0 Å². The third-order valence-electron chi connectivity index (χ3n) is 3.22. The number of rotatable bonds is 7. The van der Waals surface area contributed by atoms with Gasteiger partial charge in [-0.15, -0.1) is 0 Å². The van der Waals surface area contributed by atoms with Crippen molar-refractivity contribution in [3.63, 3.8) is 0 Å². The lowest BCUT2D eigenvalue weighted by Gasteiger charge is -2.30. The van der Waals surface area contributed by atoms with E-state index in [1.165, 1.54) is 32.1 Å². The summed E-state index contributed by atoms with van der Waals surface area (Å²) in [6.45, 7) is 7.77. The van der Waals surface area contributed by atoms with Crippen LogP contribution in [-0.4, -0.2) is 34.0 Å². The van der Waals surface area contributed by atoms with Crippen LogP contribution in [-0.2, 0) is 8.85 Å². The third-order valence-corrected chi connectivity index (χ3v) is 5.86. The first-order valence-corrected chi connectivity index (χ1v) is 9.24. The largest absolute Gasteiger partial charge is 0.394 e. The third kappa shape index (κ3) is 4.95. The Kier molecular flexibility index (Phi) is 6.57. The van der Waals surface area contributed by atoms with Crippen molar-refractivity contribution in [1.29, 1.82) is 0 Å². The van der Waals surface area contributed by atoms with Crippen LogP contribution in [0.2, 0.25) is 6.55 Å². The Morgan fingerprint density at radius 1 is 1.06 bits per heavy atom. The van der Waals surface area contributed by atoms with E-state index in [9.17, 15) is 0 Å². The Balaban J connectivity index is 2.30. The van der Waals surface area contributed by atoms with Crippen molar-refractivity contribution in [2.24, 2.45) is 0 Å². The van der Waals surface area contributed by atoms with E-state index in [2.05, 4.69) is 11.9 Å². The van der Waals surface area contributed by atoms with Crippen LogP contribution in [0.15, 0.2) is 0 Å². The number of hydrogen-bond acceptors (Lipinski definition) is 3. The van der Waals surface area contributed by atoms with Crippen molar-refractivity contribution < 1.29 is 8.85 Å². The van der Waals surface area contributed by atoms with Crippen LogP contribution in [0.3, 0.4) is 0 Å². The summed E-state index contributed by atoms with van der Waals surface area (Å²) in [7, 11) is -1.94. The maximum Gasteiger partial charge on any atom is 0.349 e.